The molecule has 1 saturated heterocycles. The molecule has 2 N–H and O–H groups in total. The summed E-state index contributed by atoms with van der Waals surface area (Å²) in [5.74, 6) is 0. The molecule has 0 bridgehead atoms. The number of benzene rings is 2. The molecular formula is C21H28N2O2. The second-order valence-corrected chi connectivity index (χ2v) is 6.71. The van der Waals surface area contributed by atoms with Gasteiger partial charge in [0.25, 0.3) is 0 Å². The molecule has 0 spiro atoms. The number of rotatable bonds is 6. The third kappa shape index (κ3) is 4.28. The summed E-state index contributed by atoms with van der Waals surface area (Å²) in [4.78, 5) is 4.82. The van der Waals surface area contributed by atoms with E-state index in [9.17, 15) is 5.11 Å². The number of β-amino-alcohol motifs (C(OH)–C–C–N with tert-alkyl or cyclic N) is 1. The third-order valence-electron chi connectivity index (χ3n) is 5.26. The molecule has 1 fully saturated rings. The molecule has 1 unspecified atom stereocenters. The van der Waals surface area contributed by atoms with Crippen molar-refractivity contribution >= 4 is 0 Å². The van der Waals surface area contributed by atoms with Crippen molar-refractivity contribution in [3.05, 3.63) is 59.7 Å². The van der Waals surface area contributed by atoms with Crippen LogP contribution in [-0.4, -0.2) is 59.3 Å². The fourth-order valence-electron chi connectivity index (χ4n) is 3.61. The Kier molecular flexibility index (Phi) is 6.21. The first-order chi connectivity index (χ1) is 12.2. The Balaban J connectivity index is 1.68. The first-order valence-corrected chi connectivity index (χ1v) is 9.09. The second-order valence-electron chi connectivity index (χ2n) is 6.71. The Bertz CT molecular complexity index is 664. The molecule has 2 aromatic rings. The number of hydrogen-bond acceptors (Lipinski definition) is 4. The fraction of sp³-hybridized carbons (Fsp3) is 0.429. The van der Waals surface area contributed by atoms with Gasteiger partial charge in [-0.25, -0.2) is 0 Å². The highest BCUT2D eigenvalue weighted by molar-refractivity contribution is 5.67. The molecule has 0 amide bonds. The minimum absolute atomic E-state index is 0.0619. The van der Waals surface area contributed by atoms with Crippen LogP contribution in [0, 0.1) is 0 Å². The van der Waals surface area contributed by atoms with Crippen molar-refractivity contribution in [3.63, 3.8) is 0 Å². The van der Waals surface area contributed by atoms with E-state index in [1.54, 1.807) is 0 Å². The largest absolute Gasteiger partial charge is 0.395 e. The number of aliphatic hydroxyl groups is 2. The zero-order chi connectivity index (χ0) is 17.6. The summed E-state index contributed by atoms with van der Waals surface area (Å²) in [6, 6.07) is 17.1. The van der Waals surface area contributed by atoms with Crippen molar-refractivity contribution < 1.29 is 10.2 Å². The lowest BCUT2D eigenvalue weighted by atomic mass is 9.97. The lowest BCUT2D eigenvalue weighted by Crippen LogP contribution is -2.47. The zero-order valence-electron chi connectivity index (χ0n) is 14.9. The summed E-state index contributed by atoms with van der Waals surface area (Å²) in [5.41, 5.74) is 4.53. The lowest BCUT2D eigenvalue weighted by Gasteiger charge is -2.38. The van der Waals surface area contributed by atoms with E-state index >= 15 is 0 Å². The van der Waals surface area contributed by atoms with Crippen molar-refractivity contribution in [2.45, 2.75) is 19.6 Å². The molecule has 3 rings (SSSR count). The quantitative estimate of drug-likeness (QED) is 0.848. The standard InChI is InChI=1S/C21H28N2O2/c1-17(23-12-10-22(11-13-23)14-15-24)18-6-8-19(9-7-18)21-5-3-2-4-20(21)16-25/h2-9,17,24-25H,10-16H2,1H3. The molecule has 1 aliphatic heterocycles. The SMILES string of the molecule is CC(c1ccc(-c2ccccc2CO)cc1)N1CCN(CCO)CC1. The molecule has 134 valence electrons. The maximum atomic E-state index is 9.53. The maximum absolute atomic E-state index is 9.53. The number of hydrogen-bond donors (Lipinski definition) is 2. The van der Waals surface area contributed by atoms with Gasteiger partial charge in [-0.05, 0) is 29.2 Å². The van der Waals surface area contributed by atoms with Gasteiger partial charge in [0.2, 0.25) is 0 Å². The van der Waals surface area contributed by atoms with E-state index in [2.05, 4.69) is 47.1 Å². The van der Waals surface area contributed by atoms with Crippen LogP contribution in [0.3, 0.4) is 0 Å². The van der Waals surface area contributed by atoms with Crippen molar-refractivity contribution in [3.8, 4) is 11.1 Å². The van der Waals surface area contributed by atoms with Gasteiger partial charge in [0.1, 0.15) is 0 Å². The average molecular weight is 340 g/mol. The second kappa shape index (κ2) is 8.59. The number of nitrogens with zero attached hydrogens (tertiary/aromatic N) is 2. The molecular weight excluding hydrogens is 312 g/mol. The van der Waals surface area contributed by atoms with Crippen LogP contribution in [0.4, 0.5) is 0 Å². The van der Waals surface area contributed by atoms with E-state index < -0.39 is 0 Å². The molecule has 4 heteroatoms. The van der Waals surface area contributed by atoms with Gasteiger partial charge in [0.15, 0.2) is 0 Å². The lowest BCUT2D eigenvalue weighted by molar-refractivity contribution is 0.0888. The van der Waals surface area contributed by atoms with Crippen molar-refractivity contribution in [2.75, 3.05) is 39.3 Å². The van der Waals surface area contributed by atoms with E-state index in [1.165, 1.54) is 5.56 Å². The monoisotopic (exact) mass is 340 g/mol. The maximum Gasteiger partial charge on any atom is 0.0687 e. The summed E-state index contributed by atoms with van der Waals surface area (Å²) >= 11 is 0. The molecule has 0 radical (unpaired) electrons. The van der Waals surface area contributed by atoms with E-state index in [4.69, 9.17) is 5.11 Å². The molecule has 0 saturated carbocycles. The van der Waals surface area contributed by atoms with Crippen molar-refractivity contribution in [1.82, 2.24) is 9.80 Å². The highest BCUT2D eigenvalue weighted by Gasteiger charge is 2.21. The number of aliphatic hydroxyl groups excluding tert-OH is 2. The summed E-state index contributed by atoms with van der Waals surface area (Å²) in [6.45, 7) is 7.46. The Labute approximate surface area is 150 Å². The highest BCUT2D eigenvalue weighted by Crippen LogP contribution is 2.27. The summed E-state index contributed by atoms with van der Waals surface area (Å²) in [5, 5.41) is 18.6. The first-order valence-electron chi connectivity index (χ1n) is 9.09. The molecule has 1 aliphatic rings. The van der Waals surface area contributed by atoms with Crippen LogP contribution in [0.1, 0.15) is 24.1 Å². The van der Waals surface area contributed by atoms with Crippen molar-refractivity contribution in [2.24, 2.45) is 0 Å². The molecule has 0 aliphatic carbocycles. The predicted octanol–water partition coefficient (Wildman–Crippen LogP) is 2.52. The zero-order valence-corrected chi connectivity index (χ0v) is 14.9. The van der Waals surface area contributed by atoms with E-state index in [0.29, 0.717) is 6.04 Å². The van der Waals surface area contributed by atoms with Gasteiger partial charge in [-0.1, -0.05) is 48.5 Å². The Morgan fingerprint density at radius 3 is 2.24 bits per heavy atom. The smallest absolute Gasteiger partial charge is 0.0687 e. The van der Waals surface area contributed by atoms with Crippen LogP contribution < -0.4 is 0 Å². The molecule has 4 nitrogen and oxygen atoms in total. The molecule has 2 aromatic carbocycles. The Morgan fingerprint density at radius 1 is 0.920 bits per heavy atom. The molecule has 1 atom stereocenters. The van der Waals surface area contributed by atoms with Gasteiger partial charge in [0, 0.05) is 38.8 Å². The Morgan fingerprint density at radius 2 is 1.60 bits per heavy atom. The van der Waals surface area contributed by atoms with Gasteiger partial charge < -0.3 is 10.2 Å². The van der Waals surface area contributed by atoms with Gasteiger partial charge in [0.05, 0.1) is 13.2 Å². The third-order valence-corrected chi connectivity index (χ3v) is 5.26. The van der Waals surface area contributed by atoms with E-state index in [1.807, 2.05) is 18.2 Å². The van der Waals surface area contributed by atoms with Crippen LogP contribution >= 0.6 is 0 Å². The van der Waals surface area contributed by atoms with Crippen LogP contribution in [0.15, 0.2) is 48.5 Å². The highest BCUT2D eigenvalue weighted by atomic mass is 16.3. The predicted molar refractivity (Wildman–Crippen MR) is 101 cm³/mol. The summed E-state index contributed by atoms with van der Waals surface area (Å²) in [7, 11) is 0. The van der Waals surface area contributed by atoms with Crippen LogP contribution in [0.2, 0.25) is 0 Å². The van der Waals surface area contributed by atoms with Gasteiger partial charge in [-0.2, -0.15) is 0 Å². The fourth-order valence-corrected chi connectivity index (χ4v) is 3.61. The molecule has 25 heavy (non-hydrogen) atoms. The summed E-state index contributed by atoms with van der Waals surface area (Å²) < 4.78 is 0. The van der Waals surface area contributed by atoms with E-state index in [-0.39, 0.29) is 13.2 Å². The minimum Gasteiger partial charge on any atom is -0.395 e. The topological polar surface area (TPSA) is 46.9 Å². The summed E-state index contributed by atoms with van der Waals surface area (Å²) in [6.07, 6.45) is 0. The van der Waals surface area contributed by atoms with Gasteiger partial charge in [-0.3, -0.25) is 9.80 Å². The molecule has 0 aromatic heterocycles. The first kappa shape index (κ1) is 18.1. The number of piperazine rings is 1. The Hall–Kier alpha value is -1.72. The van der Waals surface area contributed by atoms with Crippen molar-refractivity contribution in [1.29, 1.82) is 0 Å². The van der Waals surface area contributed by atoms with Gasteiger partial charge in [-0.15, -0.1) is 0 Å². The van der Waals surface area contributed by atoms with Crippen LogP contribution in [0.5, 0.6) is 0 Å². The minimum atomic E-state index is 0.0619. The van der Waals surface area contributed by atoms with Crippen LogP contribution in [-0.2, 0) is 6.61 Å². The van der Waals surface area contributed by atoms with E-state index in [0.717, 1.165) is 49.4 Å². The molecule has 1 heterocycles. The normalized spacial score (nSPS) is 17.6. The average Bonchev–Trinajstić information content (AvgIpc) is 2.68. The van der Waals surface area contributed by atoms with Crippen LogP contribution in [0.25, 0.3) is 11.1 Å². The van der Waals surface area contributed by atoms with Gasteiger partial charge >= 0.3 is 0 Å².